The molecule has 1 saturated carbocycles. The summed E-state index contributed by atoms with van der Waals surface area (Å²) >= 11 is 0. The Morgan fingerprint density at radius 3 is 2.81 bits per heavy atom. The van der Waals surface area contributed by atoms with E-state index in [0.29, 0.717) is 25.1 Å². The highest BCUT2D eigenvalue weighted by Gasteiger charge is 2.35. The predicted octanol–water partition coefficient (Wildman–Crippen LogP) is 3.79. The SMILES string of the molecule is Fc1ccc(OC(F)F)cc1-c1noc(C2COCCN2C2CCCC2)n1. The Kier molecular flexibility index (Phi) is 5.31. The van der Waals surface area contributed by atoms with Gasteiger partial charge < -0.3 is 14.0 Å². The van der Waals surface area contributed by atoms with Gasteiger partial charge in [0.15, 0.2) is 0 Å². The maximum absolute atomic E-state index is 14.2. The molecule has 1 aliphatic carbocycles. The molecular weight excluding hydrogens is 363 g/mol. The van der Waals surface area contributed by atoms with Gasteiger partial charge in [-0.3, -0.25) is 4.90 Å². The molecule has 146 valence electrons. The Bertz CT molecular complexity index is 780. The molecule has 2 aliphatic rings. The second-order valence-electron chi connectivity index (χ2n) is 6.74. The van der Waals surface area contributed by atoms with Gasteiger partial charge in [-0.05, 0) is 31.0 Å². The highest BCUT2D eigenvalue weighted by atomic mass is 19.3. The molecule has 0 N–H and O–H groups in total. The number of rotatable bonds is 5. The van der Waals surface area contributed by atoms with E-state index in [2.05, 4.69) is 19.8 Å². The van der Waals surface area contributed by atoms with Crippen molar-refractivity contribution >= 4 is 0 Å². The third kappa shape index (κ3) is 3.93. The lowest BCUT2D eigenvalue weighted by Gasteiger charge is -2.37. The summed E-state index contributed by atoms with van der Waals surface area (Å²) < 4.78 is 54.3. The molecule has 1 aromatic carbocycles. The maximum Gasteiger partial charge on any atom is 0.387 e. The predicted molar refractivity (Wildman–Crippen MR) is 88.8 cm³/mol. The van der Waals surface area contributed by atoms with Crippen LogP contribution in [0.4, 0.5) is 13.2 Å². The van der Waals surface area contributed by atoms with Gasteiger partial charge in [0.1, 0.15) is 17.6 Å². The fourth-order valence-electron chi connectivity index (χ4n) is 3.83. The Labute approximate surface area is 154 Å². The molecule has 6 nitrogen and oxygen atoms in total. The van der Waals surface area contributed by atoms with Crippen LogP contribution in [-0.4, -0.2) is 47.5 Å². The number of hydrogen-bond donors (Lipinski definition) is 0. The maximum atomic E-state index is 14.2. The number of hydrogen-bond acceptors (Lipinski definition) is 6. The molecule has 2 aromatic rings. The lowest BCUT2D eigenvalue weighted by molar-refractivity contribution is -0.0498. The van der Waals surface area contributed by atoms with Gasteiger partial charge >= 0.3 is 6.61 Å². The van der Waals surface area contributed by atoms with Crippen molar-refractivity contribution in [3.63, 3.8) is 0 Å². The van der Waals surface area contributed by atoms with E-state index >= 15 is 0 Å². The Morgan fingerprint density at radius 2 is 2.04 bits per heavy atom. The standard InChI is InChI=1S/C18H20F3N3O3/c19-14-6-5-12(26-18(20)21)9-13(14)16-22-17(27-23-16)15-10-25-8-7-24(15)11-3-1-2-4-11/h5-6,9,11,15,18H,1-4,7-8,10H2. The molecule has 1 unspecified atom stereocenters. The minimum atomic E-state index is -3.00. The zero-order valence-corrected chi connectivity index (χ0v) is 14.6. The largest absolute Gasteiger partial charge is 0.435 e. The van der Waals surface area contributed by atoms with Gasteiger partial charge in [-0.2, -0.15) is 13.8 Å². The fraction of sp³-hybridized carbons (Fsp3) is 0.556. The number of halogens is 3. The van der Waals surface area contributed by atoms with Gasteiger partial charge in [-0.15, -0.1) is 0 Å². The molecule has 0 bridgehead atoms. The average molecular weight is 383 g/mol. The molecular formula is C18H20F3N3O3. The summed E-state index contributed by atoms with van der Waals surface area (Å²) in [5, 5.41) is 3.85. The van der Waals surface area contributed by atoms with E-state index < -0.39 is 12.4 Å². The van der Waals surface area contributed by atoms with E-state index in [-0.39, 0.29) is 23.2 Å². The van der Waals surface area contributed by atoms with E-state index in [9.17, 15) is 13.2 Å². The molecule has 0 spiro atoms. The number of nitrogens with zero attached hydrogens (tertiary/aromatic N) is 3. The van der Waals surface area contributed by atoms with Crippen LogP contribution in [0.1, 0.15) is 37.6 Å². The molecule has 1 aromatic heterocycles. The van der Waals surface area contributed by atoms with Gasteiger partial charge in [0.05, 0.1) is 18.8 Å². The normalized spacial score (nSPS) is 21.9. The monoisotopic (exact) mass is 383 g/mol. The van der Waals surface area contributed by atoms with E-state index in [0.717, 1.165) is 37.6 Å². The molecule has 2 heterocycles. The van der Waals surface area contributed by atoms with Gasteiger partial charge in [-0.25, -0.2) is 4.39 Å². The highest BCUT2D eigenvalue weighted by molar-refractivity contribution is 5.58. The van der Waals surface area contributed by atoms with Crippen LogP contribution in [0.2, 0.25) is 0 Å². The minimum absolute atomic E-state index is 0.000776. The molecule has 9 heteroatoms. The molecule has 27 heavy (non-hydrogen) atoms. The molecule has 1 atom stereocenters. The summed E-state index contributed by atoms with van der Waals surface area (Å²) in [5.74, 6) is -0.465. The van der Waals surface area contributed by atoms with Crippen LogP contribution in [0.3, 0.4) is 0 Å². The van der Waals surface area contributed by atoms with Crippen LogP contribution >= 0.6 is 0 Å². The van der Waals surface area contributed by atoms with Gasteiger partial charge in [0.25, 0.3) is 0 Å². The number of benzene rings is 1. The third-order valence-electron chi connectivity index (χ3n) is 5.09. The van der Waals surface area contributed by atoms with Crippen LogP contribution in [0.15, 0.2) is 22.7 Å². The van der Waals surface area contributed by atoms with E-state index in [1.54, 1.807) is 0 Å². The van der Waals surface area contributed by atoms with E-state index in [1.807, 2.05) is 0 Å². The van der Waals surface area contributed by atoms with Crippen molar-refractivity contribution in [2.75, 3.05) is 19.8 Å². The average Bonchev–Trinajstić information content (AvgIpc) is 3.35. The fourth-order valence-corrected chi connectivity index (χ4v) is 3.83. The van der Waals surface area contributed by atoms with Crippen molar-refractivity contribution in [3.8, 4) is 17.1 Å². The first kappa shape index (κ1) is 18.2. The molecule has 0 radical (unpaired) electrons. The third-order valence-corrected chi connectivity index (χ3v) is 5.09. The molecule has 4 rings (SSSR count). The summed E-state index contributed by atoms with van der Waals surface area (Å²) in [6.45, 7) is -1.15. The van der Waals surface area contributed by atoms with Gasteiger partial charge in [-0.1, -0.05) is 18.0 Å². The van der Waals surface area contributed by atoms with Crippen LogP contribution in [-0.2, 0) is 4.74 Å². The lowest BCUT2D eigenvalue weighted by Crippen LogP contribution is -2.44. The summed E-state index contributed by atoms with van der Waals surface area (Å²) in [5.41, 5.74) is -0.0488. The molecule has 1 saturated heterocycles. The summed E-state index contributed by atoms with van der Waals surface area (Å²) in [6, 6.07) is 3.57. The first-order valence-electron chi connectivity index (χ1n) is 9.03. The smallest absolute Gasteiger partial charge is 0.387 e. The van der Waals surface area contributed by atoms with Crippen LogP contribution < -0.4 is 4.74 Å². The van der Waals surface area contributed by atoms with Crippen molar-refractivity contribution in [2.24, 2.45) is 0 Å². The molecule has 0 amide bonds. The van der Waals surface area contributed by atoms with Crippen molar-refractivity contribution in [3.05, 3.63) is 29.9 Å². The van der Waals surface area contributed by atoms with Crippen molar-refractivity contribution in [2.45, 2.75) is 44.4 Å². The zero-order valence-electron chi connectivity index (χ0n) is 14.6. The van der Waals surface area contributed by atoms with E-state index in [1.165, 1.54) is 12.8 Å². The quantitative estimate of drug-likeness (QED) is 0.783. The van der Waals surface area contributed by atoms with Gasteiger partial charge in [0, 0.05) is 12.6 Å². The summed E-state index contributed by atoms with van der Waals surface area (Å²) in [7, 11) is 0. The Morgan fingerprint density at radius 1 is 1.22 bits per heavy atom. The second kappa shape index (κ2) is 7.85. The van der Waals surface area contributed by atoms with Crippen molar-refractivity contribution < 1.29 is 27.2 Å². The van der Waals surface area contributed by atoms with Gasteiger partial charge in [0.2, 0.25) is 11.7 Å². The Hall–Kier alpha value is -2.13. The van der Waals surface area contributed by atoms with E-state index in [4.69, 9.17) is 9.26 Å². The zero-order chi connectivity index (χ0) is 18.8. The first-order chi connectivity index (χ1) is 13.1. The number of ether oxygens (including phenoxy) is 2. The highest BCUT2D eigenvalue weighted by Crippen LogP contribution is 2.34. The second-order valence-corrected chi connectivity index (χ2v) is 6.74. The minimum Gasteiger partial charge on any atom is -0.435 e. The lowest BCUT2D eigenvalue weighted by atomic mass is 10.1. The summed E-state index contributed by atoms with van der Waals surface area (Å²) in [6.07, 6.45) is 4.65. The van der Waals surface area contributed by atoms with Crippen molar-refractivity contribution in [1.82, 2.24) is 15.0 Å². The Balaban J connectivity index is 1.59. The van der Waals surface area contributed by atoms with Crippen LogP contribution in [0.25, 0.3) is 11.4 Å². The molecule has 2 fully saturated rings. The van der Waals surface area contributed by atoms with Crippen LogP contribution in [0.5, 0.6) is 5.75 Å². The number of alkyl halides is 2. The van der Waals surface area contributed by atoms with Crippen LogP contribution in [0, 0.1) is 5.82 Å². The number of morpholine rings is 1. The summed E-state index contributed by atoms with van der Waals surface area (Å²) in [4.78, 5) is 6.64. The molecule has 1 aliphatic heterocycles. The topological polar surface area (TPSA) is 60.6 Å². The van der Waals surface area contributed by atoms with Crippen molar-refractivity contribution in [1.29, 1.82) is 0 Å². The first-order valence-corrected chi connectivity index (χ1v) is 9.03. The number of aromatic nitrogens is 2.